The van der Waals surface area contributed by atoms with Gasteiger partial charge < -0.3 is 15.3 Å². The summed E-state index contributed by atoms with van der Waals surface area (Å²) in [5.74, 6) is 0.510. The van der Waals surface area contributed by atoms with E-state index < -0.39 is 0 Å². The molecule has 0 aliphatic carbocycles. The zero-order chi connectivity index (χ0) is 18.6. The highest BCUT2D eigenvalue weighted by Gasteiger charge is 2.23. The number of para-hydroxylation sites is 2. The highest BCUT2D eigenvalue weighted by molar-refractivity contribution is 6.08. The van der Waals surface area contributed by atoms with Crippen LogP contribution < -0.4 is 10.2 Å². The molecule has 2 aromatic carbocycles. The minimum absolute atomic E-state index is 0.129. The Balaban J connectivity index is 1.78. The van der Waals surface area contributed by atoms with Gasteiger partial charge in [0, 0.05) is 24.3 Å². The molecule has 7 nitrogen and oxygen atoms in total. The number of aliphatic hydroxyl groups excluding tert-OH is 1. The lowest BCUT2D eigenvalue weighted by Crippen LogP contribution is -2.34. The molecule has 0 atom stereocenters. The number of carbonyl (C=O) groups excluding carboxylic acids is 1. The first-order valence-electron chi connectivity index (χ1n) is 8.69. The molecule has 0 spiro atoms. The van der Waals surface area contributed by atoms with Crippen LogP contribution in [0.25, 0.3) is 5.69 Å². The number of nitrogens with zero attached hydrogens (tertiary/aromatic N) is 4. The van der Waals surface area contributed by atoms with Crippen molar-refractivity contribution >= 4 is 23.8 Å². The Morgan fingerprint density at radius 1 is 1.15 bits per heavy atom. The summed E-state index contributed by atoms with van der Waals surface area (Å²) < 4.78 is 1.68. The fraction of sp³-hybridized carbons (Fsp3) is 0.150. The zero-order valence-electron chi connectivity index (χ0n) is 14.6. The predicted molar refractivity (Wildman–Crippen MR) is 104 cm³/mol. The van der Waals surface area contributed by atoms with E-state index in [1.807, 2.05) is 48.5 Å². The lowest BCUT2D eigenvalue weighted by molar-refractivity contribution is 0.0981. The van der Waals surface area contributed by atoms with Crippen molar-refractivity contribution in [1.29, 1.82) is 0 Å². The second-order valence-corrected chi connectivity index (χ2v) is 6.08. The number of rotatable bonds is 5. The average molecular weight is 361 g/mol. The van der Waals surface area contributed by atoms with E-state index in [9.17, 15) is 9.90 Å². The number of hydrogen-bond donors (Lipinski definition) is 2. The zero-order valence-corrected chi connectivity index (χ0v) is 14.6. The van der Waals surface area contributed by atoms with Crippen molar-refractivity contribution in [3.63, 3.8) is 0 Å². The third-order valence-electron chi connectivity index (χ3n) is 4.39. The number of anilines is 1. The maximum Gasteiger partial charge on any atom is 0.260 e. The van der Waals surface area contributed by atoms with E-state index in [2.05, 4.69) is 15.4 Å². The normalized spacial score (nSPS) is 12.3. The summed E-state index contributed by atoms with van der Waals surface area (Å²) in [7, 11) is 0. The van der Waals surface area contributed by atoms with Crippen molar-refractivity contribution in [3.05, 3.63) is 71.9 Å². The Labute approximate surface area is 156 Å². The van der Waals surface area contributed by atoms with Gasteiger partial charge in [-0.3, -0.25) is 4.79 Å². The van der Waals surface area contributed by atoms with Crippen LogP contribution in [0.5, 0.6) is 0 Å². The molecule has 1 aliphatic heterocycles. The Morgan fingerprint density at radius 3 is 2.74 bits per heavy atom. The van der Waals surface area contributed by atoms with Gasteiger partial charge in [-0.05, 0) is 24.3 Å². The van der Waals surface area contributed by atoms with Crippen LogP contribution in [0, 0.1) is 0 Å². The number of aliphatic imine (C=N–C) groups is 1. The summed E-state index contributed by atoms with van der Waals surface area (Å²) in [5.41, 5.74) is 2.85. The SMILES string of the molecule is O=C(c1ccccc1-n1ncc2c1N=CNC2)N(CCO)c1ccccc1. The first-order valence-corrected chi connectivity index (χ1v) is 8.69. The van der Waals surface area contributed by atoms with Crippen LogP contribution in [0.3, 0.4) is 0 Å². The molecule has 1 aromatic heterocycles. The number of benzene rings is 2. The smallest absolute Gasteiger partial charge is 0.260 e. The molecule has 3 aromatic rings. The predicted octanol–water partition coefficient (Wildman–Crippen LogP) is 2.27. The monoisotopic (exact) mass is 361 g/mol. The molecule has 1 aliphatic rings. The lowest BCUT2D eigenvalue weighted by Gasteiger charge is -2.23. The first-order chi connectivity index (χ1) is 13.3. The summed E-state index contributed by atoms with van der Waals surface area (Å²) in [4.78, 5) is 19.3. The van der Waals surface area contributed by atoms with Gasteiger partial charge in [0.2, 0.25) is 0 Å². The van der Waals surface area contributed by atoms with E-state index in [0.717, 1.165) is 11.3 Å². The third kappa shape index (κ3) is 3.20. The molecule has 0 saturated heterocycles. The molecule has 1 amide bonds. The van der Waals surface area contributed by atoms with Gasteiger partial charge in [0.15, 0.2) is 5.82 Å². The number of nitrogens with one attached hydrogen (secondary N) is 1. The maximum absolute atomic E-state index is 13.3. The molecule has 27 heavy (non-hydrogen) atoms. The van der Waals surface area contributed by atoms with Gasteiger partial charge in [-0.1, -0.05) is 30.3 Å². The van der Waals surface area contributed by atoms with Gasteiger partial charge in [0.05, 0.1) is 30.4 Å². The fourth-order valence-electron chi connectivity index (χ4n) is 3.12. The van der Waals surface area contributed by atoms with Gasteiger partial charge in [0.1, 0.15) is 0 Å². The van der Waals surface area contributed by atoms with Crippen molar-refractivity contribution < 1.29 is 9.90 Å². The van der Waals surface area contributed by atoms with Crippen molar-refractivity contribution in [1.82, 2.24) is 15.1 Å². The summed E-state index contributed by atoms with van der Waals surface area (Å²) >= 11 is 0. The Hall–Kier alpha value is -3.45. The van der Waals surface area contributed by atoms with E-state index in [4.69, 9.17) is 0 Å². The second kappa shape index (κ2) is 7.43. The van der Waals surface area contributed by atoms with E-state index in [1.54, 1.807) is 28.2 Å². The summed E-state index contributed by atoms with van der Waals surface area (Å²) in [5, 5.41) is 17.0. The van der Waals surface area contributed by atoms with Gasteiger partial charge in [-0.15, -0.1) is 0 Å². The Kier molecular flexibility index (Phi) is 4.67. The Bertz CT molecular complexity index is 981. The van der Waals surface area contributed by atoms with Gasteiger partial charge in [0.25, 0.3) is 5.91 Å². The number of aromatic nitrogens is 2. The highest BCUT2D eigenvalue weighted by Crippen LogP contribution is 2.27. The number of fused-ring (bicyclic) bond motifs is 1. The molecule has 2 N–H and O–H groups in total. The largest absolute Gasteiger partial charge is 0.395 e. The van der Waals surface area contributed by atoms with E-state index >= 15 is 0 Å². The van der Waals surface area contributed by atoms with Crippen molar-refractivity contribution in [2.75, 3.05) is 18.1 Å². The summed E-state index contributed by atoms with van der Waals surface area (Å²) in [6.45, 7) is 0.724. The van der Waals surface area contributed by atoms with E-state index in [0.29, 0.717) is 23.6 Å². The Morgan fingerprint density at radius 2 is 1.93 bits per heavy atom. The summed E-state index contributed by atoms with van der Waals surface area (Å²) in [6.07, 6.45) is 3.38. The minimum Gasteiger partial charge on any atom is -0.395 e. The van der Waals surface area contributed by atoms with Crippen LogP contribution in [0.4, 0.5) is 11.5 Å². The highest BCUT2D eigenvalue weighted by atomic mass is 16.3. The topological polar surface area (TPSA) is 82.8 Å². The fourth-order valence-corrected chi connectivity index (χ4v) is 3.12. The number of hydrogen-bond acceptors (Lipinski definition) is 5. The van der Waals surface area contributed by atoms with Crippen LogP contribution in [0.2, 0.25) is 0 Å². The van der Waals surface area contributed by atoms with Crippen molar-refractivity contribution in [3.8, 4) is 5.69 Å². The van der Waals surface area contributed by atoms with Crippen LogP contribution in [-0.2, 0) is 6.54 Å². The van der Waals surface area contributed by atoms with Crippen molar-refractivity contribution in [2.24, 2.45) is 4.99 Å². The molecule has 7 heteroatoms. The molecule has 0 saturated carbocycles. The maximum atomic E-state index is 13.3. The standard InChI is InChI=1S/C20H19N5O2/c26-11-10-24(16-6-2-1-3-7-16)20(27)17-8-4-5-9-18(17)25-19-15(13-23-25)12-21-14-22-19/h1-9,13-14,26H,10-12H2,(H,21,22). The van der Waals surface area contributed by atoms with Gasteiger partial charge >= 0.3 is 0 Å². The lowest BCUT2D eigenvalue weighted by atomic mass is 10.1. The first kappa shape index (κ1) is 17.0. The minimum atomic E-state index is -0.201. The molecule has 0 radical (unpaired) electrons. The molecular weight excluding hydrogens is 342 g/mol. The van der Waals surface area contributed by atoms with Crippen LogP contribution in [0.15, 0.2) is 65.8 Å². The van der Waals surface area contributed by atoms with Crippen LogP contribution >= 0.6 is 0 Å². The number of aliphatic hydroxyl groups is 1. The van der Waals surface area contributed by atoms with Crippen LogP contribution in [-0.4, -0.2) is 40.3 Å². The van der Waals surface area contributed by atoms with E-state index in [-0.39, 0.29) is 19.1 Å². The molecule has 136 valence electrons. The average Bonchev–Trinajstić information content (AvgIpc) is 3.16. The molecule has 0 unspecified atom stereocenters. The van der Waals surface area contributed by atoms with Gasteiger partial charge in [-0.25, -0.2) is 9.67 Å². The molecular formula is C20H19N5O2. The van der Waals surface area contributed by atoms with Crippen molar-refractivity contribution in [2.45, 2.75) is 6.54 Å². The third-order valence-corrected chi connectivity index (χ3v) is 4.39. The van der Waals surface area contributed by atoms with E-state index in [1.165, 1.54) is 0 Å². The second-order valence-electron chi connectivity index (χ2n) is 6.08. The molecule has 4 rings (SSSR count). The van der Waals surface area contributed by atoms with Crippen LogP contribution in [0.1, 0.15) is 15.9 Å². The number of amides is 1. The molecule has 0 fully saturated rings. The molecule has 2 heterocycles. The molecule has 0 bridgehead atoms. The van der Waals surface area contributed by atoms with Gasteiger partial charge in [-0.2, -0.15) is 5.10 Å². The quantitative estimate of drug-likeness (QED) is 0.730. The number of carbonyl (C=O) groups is 1. The summed E-state index contributed by atoms with van der Waals surface area (Å²) in [6, 6.07) is 16.6.